The fourth-order valence-electron chi connectivity index (χ4n) is 2.76. The summed E-state index contributed by atoms with van der Waals surface area (Å²) in [6, 6.07) is 2.70. The third kappa shape index (κ3) is 4.06. The number of nitrogens with zero attached hydrogens (tertiary/aromatic N) is 2. The second-order valence-electron chi connectivity index (χ2n) is 5.53. The van der Waals surface area contributed by atoms with Gasteiger partial charge in [-0.05, 0) is 32.1 Å². The van der Waals surface area contributed by atoms with Crippen molar-refractivity contribution >= 4 is 0 Å². The molecule has 1 aliphatic heterocycles. The van der Waals surface area contributed by atoms with E-state index in [0.29, 0.717) is 12.1 Å². The summed E-state index contributed by atoms with van der Waals surface area (Å²) in [5.74, 6) is 0. The van der Waals surface area contributed by atoms with Crippen LogP contribution in [-0.4, -0.2) is 49.4 Å². The minimum Gasteiger partial charge on any atom is -0.374 e. The molecular formula is C15H27N3O. The highest BCUT2D eigenvalue weighted by Gasteiger charge is 2.18. The normalized spacial score (nSPS) is 22.6. The van der Waals surface area contributed by atoms with E-state index < -0.39 is 0 Å². The van der Waals surface area contributed by atoms with Gasteiger partial charge < -0.3 is 19.5 Å². The molecule has 0 bridgehead atoms. The first-order valence-corrected chi connectivity index (χ1v) is 7.36. The van der Waals surface area contributed by atoms with E-state index in [2.05, 4.69) is 47.2 Å². The predicted octanol–water partition coefficient (Wildman–Crippen LogP) is 1.88. The number of ether oxygens (including phenoxy) is 1. The Labute approximate surface area is 116 Å². The van der Waals surface area contributed by atoms with Crippen molar-refractivity contribution in [2.45, 2.75) is 38.5 Å². The van der Waals surface area contributed by atoms with Crippen molar-refractivity contribution in [2.24, 2.45) is 0 Å². The SMILES string of the molecule is CCCC(NC)c1ccn(CC2CN(C)CCO2)c1. The molecule has 4 nitrogen and oxygen atoms in total. The molecule has 0 spiro atoms. The fourth-order valence-corrected chi connectivity index (χ4v) is 2.76. The molecule has 1 aromatic heterocycles. The molecule has 1 N–H and O–H groups in total. The minimum atomic E-state index is 0.318. The first-order valence-electron chi connectivity index (χ1n) is 7.36. The highest BCUT2D eigenvalue weighted by atomic mass is 16.5. The molecular weight excluding hydrogens is 238 g/mol. The zero-order chi connectivity index (χ0) is 13.7. The van der Waals surface area contributed by atoms with Crippen molar-refractivity contribution < 1.29 is 4.74 Å². The van der Waals surface area contributed by atoms with Crippen LogP contribution in [0.1, 0.15) is 31.4 Å². The van der Waals surface area contributed by atoms with Crippen LogP contribution < -0.4 is 5.32 Å². The van der Waals surface area contributed by atoms with Crippen LogP contribution in [0.2, 0.25) is 0 Å². The molecule has 0 radical (unpaired) electrons. The number of aromatic nitrogens is 1. The standard InChI is InChI=1S/C15H27N3O/c1-4-5-15(16-2)13-6-7-18(10-13)12-14-11-17(3)8-9-19-14/h6-7,10,14-16H,4-5,8-9,11-12H2,1-3H3. The Morgan fingerprint density at radius 3 is 3.05 bits per heavy atom. The Bertz CT molecular complexity index is 377. The summed E-state index contributed by atoms with van der Waals surface area (Å²) in [5.41, 5.74) is 1.38. The monoisotopic (exact) mass is 265 g/mol. The zero-order valence-corrected chi connectivity index (χ0v) is 12.4. The van der Waals surface area contributed by atoms with E-state index in [0.717, 1.165) is 26.2 Å². The minimum absolute atomic E-state index is 0.318. The molecule has 1 aromatic rings. The number of morpholine rings is 1. The van der Waals surface area contributed by atoms with Gasteiger partial charge in [0.05, 0.1) is 12.7 Å². The maximum Gasteiger partial charge on any atom is 0.0880 e. The van der Waals surface area contributed by atoms with Gasteiger partial charge in [-0.1, -0.05) is 13.3 Å². The summed E-state index contributed by atoms with van der Waals surface area (Å²) in [4.78, 5) is 2.34. The van der Waals surface area contributed by atoms with Gasteiger partial charge in [-0.2, -0.15) is 0 Å². The molecule has 0 aliphatic carbocycles. The molecule has 19 heavy (non-hydrogen) atoms. The lowest BCUT2D eigenvalue weighted by Crippen LogP contribution is -2.41. The Morgan fingerprint density at radius 2 is 2.37 bits per heavy atom. The summed E-state index contributed by atoms with van der Waals surface area (Å²) in [5, 5.41) is 3.39. The second kappa shape index (κ2) is 7.08. The van der Waals surface area contributed by atoms with E-state index in [4.69, 9.17) is 4.74 Å². The van der Waals surface area contributed by atoms with Gasteiger partial charge in [-0.25, -0.2) is 0 Å². The number of likely N-dealkylation sites (N-methyl/N-ethyl adjacent to an activating group) is 1. The van der Waals surface area contributed by atoms with Crippen LogP contribution in [0.15, 0.2) is 18.5 Å². The largest absolute Gasteiger partial charge is 0.374 e. The highest BCUT2D eigenvalue weighted by molar-refractivity contribution is 5.15. The van der Waals surface area contributed by atoms with Gasteiger partial charge >= 0.3 is 0 Å². The Kier molecular flexibility index (Phi) is 5.43. The first kappa shape index (κ1) is 14.6. The lowest BCUT2D eigenvalue weighted by molar-refractivity contribution is -0.0274. The molecule has 1 aliphatic rings. The van der Waals surface area contributed by atoms with Gasteiger partial charge in [0, 0.05) is 38.1 Å². The number of hydrogen-bond acceptors (Lipinski definition) is 3. The van der Waals surface area contributed by atoms with Crippen molar-refractivity contribution in [3.8, 4) is 0 Å². The Balaban J connectivity index is 1.92. The van der Waals surface area contributed by atoms with Crippen LogP contribution in [0.4, 0.5) is 0 Å². The van der Waals surface area contributed by atoms with Crippen molar-refractivity contribution in [3.05, 3.63) is 24.0 Å². The average molecular weight is 265 g/mol. The van der Waals surface area contributed by atoms with Crippen molar-refractivity contribution in [2.75, 3.05) is 33.8 Å². The number of nitrogens with one attached hydrogen (secondary N) is 1. The van der Waals surface area contributed by atoms with Crippen LogP contribution in [0.25, 0.3) is 0 Å². The molecule has 0 amide bonds. The summed E-state index contributed by atoms with van der Waals surface area (Å²) in [6.45, 7) is 6.11. The third-order valence-corrected chi connectivity index (χ3v) is 3.86. The maximum absolute atomic E-state index is 5.82. The molecule has 2 atom stereocenters. The number of hydrogen-bond donors (Lipinski definition) is 1. The van der Waals surface area contributed by atoms with E-state index in [1.54, 1.807) is 0 Å². The topological polar surface area (TPSA) is 29.4 Å². The molecule has 1 saturated heterocycles. The van der Waals surface area contributed by atoms with Gasteiger partial charge in [0.25, 0.3) is 0 Å². The van der Waals surface area contributed by atoms with Crippen LogP contribution in [-0.2, 0) is 11.3 Å². The molecule has 2 heterocycles. The molecule has 2 rings (SSSR count). The maximum atomic E-state index is 5.82. The molecule has 1 fully saturated rings. The van der Waals surface area contributed by atoms with Crippen molar-refractivity contribution in [3.63, 3.8) is 0 Å². The first-order chi connectivity index (χ1) is 9.22. The zero-order valence-electron chi connectivity index (χ0n) is 12.4. The van der Waals surface area contributed by atoms with E-state index in [1.165, 1.54) is 18.4 Å². The lowest BCUT2D eigenvalue weighted by atomic mass is 10.1. The van der Waals surface area contributed by atoms with Crippen LogP contribution in [0, 0.1) is 0 Å². The quantitative estimate of drug-likeness (QED) is 0.851. The second-order valence-corrected chi connectivity index (χ2v) is 5.53. The summed E-state index contributed by atoms with van der Waals surface area (Å²) < 4.78 is 8.08. The molecule has 4 heteroatoms. The van der Waals surface area contributed by atoms with Gasteiger partial charge in [0.15, 0.2) is 0 Å². The van der Waals surface area contributed by atoms with Crippen molar-refractivity contribution in [1.29, 1.82) is 0 Å². The van der Waals surface area contributed by atoms with E-state index in [1.807, 2.05) is 7.05 Å². The molecule has 108 valence electrons. The van der Waals surface area contributed by atoms with Crippen molar-refractivity contribution in [1.82, 2.24) is 14.8 Å². The van der Waals surface area contributed by atoms with Crippen LogP contribution in [0.3, 0.4) is 0 Å². The predicted molar refractivity (Wildman–Crippen MR) is 78.4 cm³/mol. The van der Waals surface area contributed by atoms with E-state index in [-0.39, 0.29) is 0 Å². The average Bonchev–Trinajstić information content (AvgIpc) is 2.84. The van der Waals surface area contributed by atoms with Gasteiger partial charge in [0.2, 0.25) is 0 Å². The molecule has 0 aromatic carbocycles. The third-order valence-electron chi connectivity index (χ3n) is 3.86. The van der Waals surface area contributed by atoms with Gasteiger partial charge in [0.1, 0.15) is 0 Å². The molecule has 2 unspecified atom stereocenters. The Morgan fingerprint density at radius 1 is 1.53 bits per heavy atom. The summed E-state index contributed by atoms with van der Waals surface area (Å²) in [6.07, 6.45) is 7.14. The highest BCUT2D eigenvalue weighted by Crippen LogP contribution is 2.19. The van der Waals surface area contributed by atoms with Crippen LogP contribution >= 0.6 is 0 Å². The fraction of sp³-hybridized carbons (Fsp3) is 0.733. The van der Waals surface area contributed by atoms with Crippen LogP contribution in [0.5, 0.6) is 0 Å². The smallest absolute Gasteiger partial charge is 0.0880 e. The lowest BCUT2D eigenvalue weighted by Gasteiger charge is -2.30. The van der Waals surface area contributed by atoms with Gasteiger partial charge in [-0.15, -0.1) is 0 Å². The number of rotatable bonds is 6. The summed E-state index contributed by atoms with van der Waals surface area (Å²) >= 11 is 0. The molecule has 0 saturated carbocycles. The summed E-state index contributed by atoms with van der Waals surface area (Å²) in [7, 11) is 4.20. The van der Waals surface area contributed by atoms with E-state index >= 15 is 0 Å². The van der Waals surface area contributed by atoms with E-state index in [9.17, 15) is 0 Å². The Hall–Kier alpha value is -0.840. The van der Waals surface area contributed by atoms with Gasteiger partial charge in [-0.3, -0.25) is 0 Å².